The highest BCUT2D eigenvalue weighted by molar-refractivity contribution is 5.78. The van der Waals surface area contributed by atoms with Crippen LogP contribution in [-0.4, -0.2) is 50.2 Å². The van der Waals surface area contributed by atoms with E-state index in [2.05, 4.69) is 10.2 Å². The summed E-state index contributed by atoms with van der Waals surface area (Å²) in [4.78, 5) is 13.3. The third kappa shape index (κ3) is 2.19. The van der Waals surface area contributed by atoms with Crippen LogP contribution in [0.2, 0.25) is 0 Å². The fourth-order valence-corrected chi connectivity index (χ4v) is 1.73. The fourth-order valence-electron chi connectivity index (χ4n) is 1.73. The molecule has 0 unspecified atom stereocenters. The van der Waals surface area contributed by atoms with Crippen LogP contribution >= 0.6 is 0 Å². The van der Waals surface area contributed by atoms with E-state index in [-0.39, 0.29) is 18.1 Å². The summed E-state index contributed by atoms with van der Waals surface area (Å²) in [7, 11) is 3.55. The van der Waals surface area contributed by atoms with Crippen LogP contribution in [0.5, 0.6) is 0 Å². The second-order valence-corrected chi connectivity index (χ2v) is 3.71. The predicted octanol–water partition coefficient (Wildman–Crippen LogP) is -0.547. The topological polar surface area (TPSA) is 41.6 Å². The van der Waals surface area contributed by atoms with Gasteiger partial charge in [0.1, 0.15) is 6.61 Å². The lowest BCUT2D eigenvalue weighted by Gasteiger charge is -2.46. The average Bonchev–Trinajstić information content (AvgIpc) is 1.83. The molecule has 1 rings (SSSR count). The number of likely N-dealkylation sites (N-methyl/N-ethyl adjacent to an activating group) is 1. The van der Waals surface area contributed by atoms with E-state index in [1.165, 1.54) is 7.11 Å². The SMILES string of the molecule is COCC(=O)NC1(C)CN(C)C1. The Morgan fingerprint density at radius 3 is 2.67 bits per heavy atom. The lowest BCUT2D eigenvalue weighted by atomic mass is 9.93. The minimum Gasteiger partial charge on any atom is -0.375 e. The van der Waals surface area contributed by atoms with Gasteiger partial charge in [0.05, 0.1) is 5.54 Å². The number of rotatable bonds is 3. The fraction of sp³-hybridized carbons (Fsp3) is 0.875. The molecule has 1 heterocycles. The maximum Gasteiger partial charge on any atom is 0.246 e. The van der Waals surface area contributed by atoms with Gasteiger partial charge in [0.2, 0.25) is 5.91 Å². The molecule has 12 heavy (non-hydrogen) atoms. The van der Waals surface area contributed by atoms with Crippen LogP contribution in [0.15, 0.2) is 0 Å². The Kier molecular flexibility index (Phi) is 2.69. The number of carbonyl (C=O) groups is 1. The summed E-state index contributed by atoms with van der Waals surface area (Å²) in [5, 5.41) is 2.92. The summed E-state index contributed by atoms with van der Waals surface area (Å²) in [5.41, 5.74) is -0.0373. The Morgan fingerprint density at radius 1 is 1.67 bits per heavy atom. The van der Waals surface area contributed by atoms with Crippen molar-refractivity contribution >= 4 is 5.91 Å². The summed E-state index contributed by atoms with van der Waals surface area (Å²) in [5.74, 6) is -0.0342. The van der Waals surface area contributed by atoms with Gasteiger partial charge in [-0.2, -0.15) is 0 Å². The predicted molar refractivity (Wildman–Crippen MR) is 45.9 cm³/mol. The zero-order valence-corrected chi connectivity index (χ0v) is 7.89. The highest BCUT2D eigenvalue weighted by Gasteiger charge is 2.37. The van der Waals surface area contributed by atoms with Crippen molar-refractivity contribution in [2.45, 2.75) is 12.5 Å². The zero-order valence-electron chi connectivity index (χ0n) is 7.89. The molecule has 0 aromatic heterocycles. The monoisotopic (exact) mass is 172 g/mol. The van der Waals surface area contributed by atoms with Crippen molar-refractivity contribution in [3.8, 4) is 0 Å². The molecule has 0 radical (unpaired) electrons. The van der Waals surface area contributed by atoms with E-state index in [4.69, 9.17) is 4.74 Å². The molecule has 1 aliphatic heterocycles. The normalized spacial score (nSPS) is 21.6. The summed E-state index contributed by atoms with van der Waals surface area (Å²) < 4.78 is 4.72. The first-order valence-electron chi connectivity index (χ1n) is 4.04. The number of hydrogen-bond acceptors (Lipinski definition) is 3. The molecule has 0 aromatic carbocycles. The van der Waals surface area contributed by atoms with Crippen LogP contribution in [0.4, 0.5) is 0 Å². The molecule has 0 bridgehead atoms. The van der Waals surface area contributed by atoms with Gasteiger partial charge in [-0.1, -0.05) is 0 Å². The molecule has 1 N–H and O–H groups in total. The van der Waals surface area contributed by atoms with Gasteiger partial charge in [0.25, 0.3) is 0 Å². The van der Waals surface area contributed by atoms with Crippen molar-refractivity contribution < 1.29 is 9.53 Å². The first kappa shape index (κ1) is 9.48. The van der Waals surface area contributed by atoms with E-state index >= 15 is 0 Å². The van der Waals surface area contributed by atoms with Crippen molar-refractivity contribution in [3.63, 3.8) is 0 Å². The third-order valence-electron chi connectivity index (χ3n) is 1.95. The summed E-state index contributed by atoms with van der Waals surface area (Å²) >= 11 is 0. The van der Waals surface area contributed by atoms with Gasteiger partial charge in [-0.05, 0) is 14.0 Å². The van der Waals surface area contributed by atoms with Crippen LogP contribution in [0.1, 0.15) is 6.92 Å². The molecule has 4 nitrogen and oxygen atoms in total. The lowest BCUT2D eigenvalue weighted by Crippen LogP contribution is -2.67. The molecule has 0 spiro atoms. The summed E-state index contributed by atoms with van der Waals surface area (Å²) in [6.45, 7) is 4.03. The smallest absolute Gasteiger partial charge is 0.246 e. The largest absolute Gasteiger partial charge is 0.375 e. The van der Waals surface area contributed by atoms with E-state index in [1.54, 1.807) is 0 Å². The first-order valence-corrected chi connectivity index (χ1v) is 4.04. The molecular formula is C8H16N2O2. The Labute approximate surface area is 72.9 Å². The minimum atomic E-state index is -0.0373. The summed E-state index contributed by atoms with van der Waals surface area (Å²) in [6.07, 6.45) is 0. The Bertz CT molecular complexity index is 176. The first-order chi connectivity index (χ1) is 5.56. The van der Waals surface area contributed by atoms with Gasteiger partial charge >= 0.3 is 0 Å². The molecule has 1 aliphatic rings. The number of nitrogens with zero attached hydrogens (tertiary/aromatic N) is 1. The highest BCUT2D eigenvalue weighted by Crippen LogP contribution is 2.17. The second-order valence-electron chi connectivity index (χ2n) is 3.71. The lowest BCUT2D eigenvalue weighted by molar-refractivity contribution is -0.128. The number of carbonyl (C=O) groups excluding carboxylic acids is 1. The van der Waals surface area contributed by atoms with E-state index in [1.807, 2.05) is 14.0 Å². The van der Waals surface area contributed by atoms with Crippen molar-refractivity contribution in [2.75, 3.05) is 33.9 Å². The van der Waals surface area contributed by atoms with Crippen molar-refractivity contribution in [2.24, 2.45) is 0 Å². The van der Waals surface area contributed by atoms with Gasteiger partial charge in [-0.15, -0.1) is 0 Å². The van der Waals surface area contributed by atoms with Crippen molar-refractivity contribution in [1.29, 1.82) is 0 Å². The number of methoxy groups -OCH3 is 1. The summed E-state index contributed by atoms with van der Waals surface area (Å²) in [6, 6.07) is 0. The van der Waals surface area contributed by atoms with Gasteiger partial charge in [0.15, 0.2) is 0 Å². The van der Waals surface area contributed by atoms with E-state index in [9.17, 15) is 4.79 Å². The number of hydrogen-bond donors (Lipinski definition) is 1. The number of ether oxygens (including phenoxy) is 1. The number of likely N-dealkylation sites (tertiary alicyclic amines) is 1. The van der Waals surface area contributed by atoms with Gasteiger partial charge in [-0.25, -0.2) is 0 Å². The molecule has 1 amide bonds. The van der Waals surface area contributed by atoms with Crippen LogP contribution in [0, 0.1) is 0 Å². The molecule has 70 valence electrons. The van der Waals surface area contributed by atoms with Gasteiger partial charge in [0, 0.05) is 20.2 Å². The number of amides is 1. The van der Waals surface area contributed by atoms with Crippen LogP contribution < -0.4 is 5.32 Å². The molecule has 1 fully saturated rings. The molecule has 0 saturated carbocycles. The Balaban J connectivity index is 2.27. The molecule has 0 aromatic rings. The minimum absolute atomic E-state index is 0.0342. The molecule has 4 heteroatoms. The second kappa shape index (κ2) is 3.41. The van der Waals surface area contributed by atoms with Gasteiger partial charge in [-0.3, -0.25) is 4.79 Å². The quantitative estimate of drug-likeness (QED) is 0.621. The van der Waals surface area contributed by atoms with E-state index in [0.717, 1.165) is 13.1 Å². The van der Waals surface area contributed by atoms with E-state index < -0.39 is 0 Å². The van der Waals surface area contributed by atoms with Crippen LogP contribution in [0.3, 0.4) is 0 Å². The highest BCUT2D eigenvalue weighted by atomic mass is 16.5. The number of nitrogens with one attached hydrogen (secondary N) is 1. The van der Waals surface area contributed by atoms with E-state index in [0.29, 0.717) is 0 Å². The molecule has 0 atom stereocenters. The van der Waals surface area contributed by atoms with Gasteiger partial charge < -0.3 is 15.0 Å². The molecule has 1 saturated heterocycles. The van der Waals surface area contributed by atoms with Crippen molar-refractivity contribution in [3.05, 3.63) is 0 Å². The Morgan fingerprint density at radius 2 is 2.25 bits per heavy atom. The average molecular weight is 172 g/mol. The third-order valence-corrected chi connectivity index (χ3v) is 1.95. The van der Waals surface area contributed by atoms with Crippen molar-refractivity contribution in [1.82, 2.24) is 10.2 Å². The van der Waals surface area contributed by atoms with Crippen LogP contribution in [-0.2, 0) is 9.53 Å². The maximum absolute atomic E-state index is 11.1. The zero-order chi connectivity index (χ0) is 9.19. The van der Waals surface area contributed by atoms with Crippen LogP contribution in [0.25, 0.3) is 0 Å². The maximum atomic E-state index is 11.1. The molecule has 0 aliphatic carbocycles. The Hall–Kier alpha value is -0.610. The molecular weight excluding hydrogens is 156 g/mol. The standard InChI is InChI=1S/C8H16N2O2/c1-8(5-10(2)6-8)9-7(11)4-12-3/h4-6H2,1-3H3,(H,9,11).